The summed E-state index contributed by atoms with van der Waals surface area (Å²) in [7, 11) is 0. The van der Waals surface area contributed by atoms with Gasteiger partial charge in [0.15, 0.2) is 5.76 Å². The SMILES string of the molecule is CC(C)N1c2ccc(F)cc2[C@@H]2CN(C(=O)c3ccco3)CC[C@@H]21. The Hall–Kier alpha value is -2.30. The fourth-order valence-electron chi connectivity index (χ4n) is 4.22. The lowest BCUT2D eigenvalue weighted by molar-refractivity contribution is 0.0663. The lowest BCUT2D eigenvalue weighted by Crippen LogP contribution is -2.49. The first-order chi connectivity index (χ1) is 11.6. The lowest BCUT2D eigenvalue weighted by Gasteiger charge is -2.40. The molecule has 0 saturated carbocycles. The van der Waals surface area contributed by atoms with Gasteiger partial charge in [0, 0.05) is 36.8 Å². The minimum atomic E-state index is -0.215. The first-order valence-corrected chi connectivity index (χ1v) is 8.47. The Morgan fingerprint density at radius 1 is 1.33 bits per heavy atom. The molecule has 2 aliphatic heterocycles. The lowest BCUT2D eigenvalue weighted by atomic mass is 9.88. The third-order valence-electron chi connectivity index (χ3n) is 5.18. The Morgan fingerprint density at radius 2 is 2.17 bits per heavy atom. The van der Waals surface area contributed by atoms with Gasteiger partial charge in [-0.2, -0.15) is 0 Å². The third kappa shape index (κ3) is 2.30. The summed E-state index contributed by atoms with van der Waals surface area (Å²) in [6, 6.07) is 9.12. The molecule has 1 saturated heterocycles. The Kier molecular flexibility index (Phi) is 3.59. The van der Waals surface area contributed by atoms with Gasteiger partial charge in [-0.1, -0.05) is 0 Å². The number of amides is 1. The number of fused-ring (bicyclic) bond motifs is 3. The van der Waals surface area contributed by atoms with E-state index < -0.39 is 0 Å². The van der Waals surface area contributed by atoms with Crippen molar-refractivity contribution >= 4 is 11.6 Å². The van der Waals surface area contributed by atoms with Gasteiger partial charge in [0.05, 0.1) is 6.26 Å². The highest BCUT2D eigenvalue weighted by molar-refractivity contribution is 5.91. The van der Waals surface area contributed by atoms with E-state index in [0.717, 1.165) is 17.7 Å². The Balaban J connectivity index is 1.66. The second-order valence-corrected chi connectivity index (χ2v) is 6.90. The number of piperidine rings is 1. The molecule has 0 bridgehead atoms. The van der Waals surface area contributed by atoms with Crippen LogP contribution in [-0.4, -0.2) is 36.0 Å². The van der Waals surface area contributed by atoms with Crippen LogP contribution in [0.15, 0.2) is 41.0 Å². The van der Waals surface area contributed by atoms with Gasteiger partial charge in [0.25, 0.3) is 5.91 Å². The molecule has 1 amide bonds. The summed E-state index contributed by atoms with van der Waals surface area (Å²) in [5.41, 5.74) is 2.12. The Morgan fingerprint density at radius 3 is 2.88 bits per heavy atom. The number of hydrogen-bond donors (Lipinski definition) is 0. The van der Waals surface area contributed by atoms with Gasteiger partial charge in [0.1, 0.15) is 5.82 Å². The average molecular weight is 328 g/mol. The molecule has 2 aromatic rings. The topological polar surface area (TPSA) is 36.7 Å². The monoisotopic (exact) mass is 328 g/mol. The number of halogens is 1. The molecule has 5 heteroatoms. The summed E-state index contributed by atoms with van der Waals surface area (Å²) < 4.78 is 19.1. The van der Waals surface area contributed by atoms with E-state index in [1.165, 1.54) is 12.3 Å². The molecule has 24 heavy (non-hydrogen) atoms. The van der Waals surface area contributed by atoms with E-state index in [4.69, 9.17) is 4.42 Å². The van der Waals surface area contributed by atoms with Crippen LogP contribution in [0.5, 0.6) is 0 Å². The molecule has 0 unspecified atom stereocenters. The molecule has 1 aromatic heterocycles. The zero-order valence-corrected chi connectivity index (χ0v) is 13.9. The molecule has 126 valence electrons. The number of carbonyl (C=O) groups excluding carboxylic acids is 1. The van der Waals surface area contributed by atoms with E-state index >= 15 is 0 Å². The molecular weight excluding hydrogens is 307 g/mol. The molecule has 4 rings (SSSR count). The van der Waals surface area contributed by atoms with Crippen LogP contribution in [0.1, 0.15) is 42.3 Å². The number of likely N-dealkylation sites (tertiary alicyclic amines) is 1. The summed E-state index contributed by atoms with van der Waals surface area (Å²) in [5, 5.41) is 0. The summed E-state index contributed by atoms with van der Waals surface area (Å²) >= 11 is 0. The van der Waals surface area contributed by atoms with Gasteiger partial charge in [-0.3, -0.25) is 4.79 Å². The van der Waals surface area contributed by atoms with Crippen molar-refractivity contribution in [2.75, 3.05) is 18.0 Å². The highest BCUT2D eigenvalue weighted by atomic mass is 19.1. The minimum absolute atomic E-state index is 0.0839. The Bertz CT molecular complexity index is 757. The molecular formula is C19H21FN2O2. The van der Waals surface area contributed by atoms with Crippen LogP contribution in [0, 0.1) is 5.82 Å². The van der Waals surface area contributed by atoms with E-state index in [-0.39, 0.29) is 17.6 Å². The first-order valence-electron chi connectivity index (χ1n) is 8.47. The number of hydrogen-bond acceptors (Lipinski definition) is 3. The van der Waals surface area contributed by atoms with Gasteiger partial charge in [-0.05, 0) is 56.2 Å². The summed E-state index contributed by atoms with van der Waals surface area (Å²) in [5.74, 6) is 0.212. The smallest absolute Gasteiger partial charge is 0.289 e. The van der Waals surface area contributed by atoms with Crippen molar-refractivity contribution < 1.29 is 13.6 Å². The molecule has 0 N–H and O–H groups in total. The highest BCUT2D eigenvalue weighted by Gasteiger charge is 2.44. The third-order valence-corrected chi connectivity index (χ3v) is 5.18. The standard InChI is InChI=1S/C19H21FN2O2/c1-12(2)22-16-6-5-13(20)10-14(16)15-11-21(8-7-17(15)22)19(23)18-4-3-9-24-18/h3-6,9-10,12,15,17H,7-8,11H2,1-2H3/t15-,17-/m0/s1. The van der Waals surface area contributed by atoms with E-state index in [0.29, 0.717) is 30.9 Å². The zero-order valence-electron chi connectivity index (χ0n) is 13.9. The molecule has 0 aliphatic carbocycles. The largest absolute Gasteiger partial charge is 0.459 e. The predicted octanol–water partition coefficient (Wildman–Crippen LogP) is 3.65. The zero-order chi connectivity index (χ0) is 16.8. The number of nitrogens with zero attached hydrogens (tertiary/aromatic N) is 2. The second kappa shape index (κ2) is 5.65. The number of furan rings is 1. The fraction of sp³-hybridized carbons (Fsp3) is 0.421. The van der Waals surface area contributed by atoms with Crippen LogP contribution >= 0.6 is 0 Å². The number of benzene rings is 1. The molecule has 1 aromatic carbocycles. The summed E-state index contributed by atoms with van der Waals surface area (Å²) in [6.07, 6.45) is 2.40. The van der Waals surface area contributed by atoms with E-state index in [2.05, 4.69) is 18.7 Å². The maximum atomic E-state index is 13.8. The van der Waals surface area contributed by atoms with Gasteiger partial charge in [-0.15, -0.1) is 0 Å². The van der Waals surface area contributed by atoms with Crippen molar-refractivity contribution in [1.29, 1.82) is 0 Å². The van der Waals surface area contributed by atoms with Gasteiger partial charge in [0.2, 0.25) is 0 Å². The van der Waals surface area contributed by atoms with Gasteiger partial charge >= 0.3 is 0 Å². The van der Waals surface area contributed by atoms with Crippen molar-refractivity contribution in [3.8, 4) is 0 Å². The molecule has 1 fully saturated rings. The minimum Gasteiger partial charge on any atom is -0.459 e. The molecule has 4 nitrogen and oxygen atoms in total. The maximum Gasteiger partial charge on any atom is 0.289 e. The molecule has 0 spiro atoms. The summed E-state index contributed by atoms with van der Waals surface area (Å²) in [4.78, 5) is 16.8. The van der Waals surface area contributed by atoms with Crippen LogP contribution in [0.4, 0.5) is 10.1 Å². The molecule has 3 heterocycles. The van der Waals surface area contributed by atoms with Crippen molar-refractivity contribution in [2.45, 2.75) is 38.3 Å². The molecule has 2 aliphatic rings. The number of rotatable bonds is 2. The highest BCUT2D eigenvalue weighted by Crippen LogP contribution is 2.46. The average Bonchev–Trinajstić information content (AvgIpc) is 3.19. The predicted molar refractivity (Wildman–Crippen MR) is 89.8 cm³/mol. The van der Waals surface area contributed by atoms with Crippen LogP contribution in [0.3, 0.4) is 0 Å². The Labute approximate surface area is 140 Å². The van der Waals surface area contributed by atoms with Crippen molar-refractivity contribution in [3.63, 3.8) is 0 Å². The van der Waals surface area contributed by atoms with Crippen molar-refractivity contribution in [2.24, 2.45) is 0 Å². The van der Waals surface area contributed by atoms with E-state index in [1.807, 2.05) is 11.0 Å². The van der Waals surface area contributed by atoms with Crippen LogP contribution < -0.4 is 4.90 Å². The maximum absolute atomic E-state index is 13.8. The van der Waals surface area contributed by atoms with Crippen molar-refractivity contribution in [3.05, 3.63) is 53.7 Å². The normalized spacial score (nSPS) is 22.7. The number of anilines is 1. The molecule has 2 atom stereocenters. The van der Waals surface area contributed by atoms with Gasteiger partial charge in [-0.25, -0.2) is 4.39 Å². The van der Waals surface area contributed by atoms with Gasteiger partial charge < -0.3 is 14.2 Å². The fourth-order valence-corrected chi connectivity index (χ4v) is 4.22. The second-order valence-electron chi connectivity index (χ2n) is 6.90. The van der Waals surface area contributed by atoms with Crippen molar-refractivity contribution in [1.82, 2.24) is 4.90 Å². The van der Waals surface area contributed by atoms with Crippen LogP contribution in [0.2, 0.25) is 0 Å². The van der Waals surface area contributed by atoms with Crippen LogP contribution in [0.25, 0.3) is 0 Å². The number of carbonyl (C=O) groups is 1. The molecule has 0 radical (unpaired) electrons. The van der Waals surface area contributed by atoms with Crippen LogP contribution in [-0.2, 0) is 0 Å². The van der Waals surface area contributed by atoms with E-state index in [1.54, 1.807) is 18.2 Å². The summed E-state index contributed by atoms with van der Waals surface area (Å²) in [6.45, 7) is 5.62. The quantitative estimate of drug-likeness (QED) is 0.844. The first kappa shape index (κ1) is 15.2. The van der Waals surface area contributed by atoms with E-state index in [9.17, 15) is 9.18 Å².